The van der Waals surface area contributed by atoms with Crippen molar-refractivity contribution in [2.75, 3.05) is 11.3 Å². The third-order valence-electron chi connectivity index (χ3n) is 2.83. The normalized spacial score (nSPS) is 11.4. The zero-order valence-corrected chi connectivity index (χ0v) is 12.6. The van der Waals surface area contributed by atoms with E-state index in [9.17, 15) is 13.5 Å². The number of nitrogens with one attached hydrogen (secondary N) is 1. The fourth-order valence-electron chi connectivity index (χ4n) is 1.90. The first-order valence-electron chi connectivity index (χ1n) is 6.35. The molecule has 21 heavy (non-hydrogen) atoms. The molecule has 0 amide bonds. The molecule has 0 saturated heterocycles. The van der Waals surface area contributed by atoms with E-state index in [0.29, 0.717) is 23.6 Å². The lowest BCUT2D eigenvalue weighted by atomic mass is 10.2. The topological polar surface area (TPSA) is 93.5 Å². The lowest BCUT2D eigenvalue weighted by Crippen LogP contribution is -2.16. The molecule has 2 aromatic rings. The quantitative estimate of drug-likeness (QED) is 0.833. The minimum atomic E-state index is -3.72. The Labute approximate surface area is 123 Å². The van der Waals surface area contributed by atoms with E-state index in [0.717, 1.165) is 0 Å². The summed E-state index contributed by atoms with van der Waals surface area (Å²) in [7, 11) is -2.18. The van der Waals surface area contributed by atoms with Crippen molar-refractivity contribution in [2.24, 2.45) is 7.05 Å². The fraction of sp³-hybridized carbons (Fsp3) is 0.308. The number of hydrogen-bond acceptors (Lipinski definition) is 5. The molecule has 0 spiro atoms. The van der Waals surface area contributed by atoms with E-state index in [4.69, 9.17) is 4.74 Å². The van der Waals surface area contributed by atoms with Crippen LogP contribution in [0.4, 0.5) is 5.69 Å². The first-order chi connectivity index (χ1) is 9.97. The van der Waals surface area contributed by atoms with Gasteiger partial charge in [0.25, 0.3) is 10.0 Å². The van der Waals surface area contributed by atoms with E-state index >= 15 is 0 Å². The summed E-state index contributed by atoms with van der Waals surface area (Å²) < 4.78 is 33.5. The molecule has 0 atom stereocenters. The van der Waals surface area contributed by atoms with Crippen LogP contribution in [0.25, 0.3) is 0 Å². The average Bonchev–Trinajstić information content (AvgIpc) is 2.87. The Hall–Kier alpha value is -2.06. The van der Waals surface area contributed by atoms with Crippen LogP contribution in [0.15, 0.2) is 35.5 Å². The first-order valence-corrected chi connectivity index (χ1v) is 7.83. The molecule has 0 unspecified atom stereocenters. The summed E-state index contributed by atoms with van der Waals surface area (Å²) in [4.78, 5) is 0. The second-order valence-electron chi connectivity index (χ2n) is 4.31. The summed E-state index contributed by atoms with van der Waals surface area (Å²) in [5, 5.41) is 13.2. The van der Waals surface area contributed by atoms with Crippen LogP contribution in [-0.2, 0) is 23.7 Å². The largest absolute Gasteiger partial charge is 0.494 e. The van der Waals surface area contributed by atoms with Gasteiger partial charge in [-0.1, -0.05) is 0 Å². The van der Waals surface area contributed by atoms with E-state index in [-0.39, 0.29) is 11.6 Å². The minimum absolute atomic E-state index is 0.0573. The highest BCUT2D eigenvalue weighted by atomic mass is 32.2. The number of nitrogens with zero attached hydrogens (tertiary/aromatic N) is 2. The van der Waals surface area contributed by atoms with E-state index < -0.39 is 10.0 Å². The third-order valence-corrected chi connectivity index (χ3v) is 4.29. The number of aromatic nitrogens is 2. The van der Waals surface area contributed by atoms with Gasteiger partial charge in [-0.3, -0.25) is 9.40 Å². The Balaban J connectivity index is 2.30. The molecule has 2 N–H and O–H groups in total. The van der Waals surface area contributed by atoms with Crippen molar-refractivity contribution in [3.05, 3.63) is 36.0 Å². The lowest BCUT2D eigenvalue weighted by Gasteiger charge is -2.12. The van der Waals surface area contributed by atoms with E-state index in [1.54, 1.807) is 25.2 Å². The van der Waals surface area contributed by atoms with Crippen molar-refractivity contribution in [1.29, 1.82) is 0 Å². The summed E-state index contributed by atoms with van der Waals surface area (Å²) in [6, 6.07) is 6.15. The molecular weight excluding hydrogens is 294 g/mol. The third kappa shape index (κ3) is 3.34. The van der Waals surface area contributed by atoms with Crippen molar-refractivity contribution < 1.29 is 18.3 Å². The van der Waals surface area contributed by atoms with Gasteiger partial charge >= 0.3 is 0 Å². The van der Waals surface area contributed by atoms with Gasteiger partial charge in [-0.15, -0.1) is 0 Å². The fourth-order valence-corrected chi connectivity index (χ4v) is 3.07. The molecule has 8 heteroatoms. The molecule has 1 aromatic heterocycles. The number of benzene rings is 1. The number of sulfonamides is 1. The van der Waals surface area contributed by atoms with Crippen molar-refractivity contribution in [3.8, 4) is 5.75 Å². The van der Waals surface area contributed by atoms with Crippen LogP contribution in [0, 0.1) is 0 Å². The zero-order chi connectivity index (χ0) is 15.5. The van der Waals surface area contributed by atoms with Gasteiger partial charge in [-0.05, 0) is 31.2 Å². The minimum Gasteiger partial charge on any atom is -0.494 e. The molecule has 7 nitrogen and oxygen atoms in total. The van der Waals surface area contributed by atoms with Crippen molar-refractivity contribution in [3.63, 3.8) is 0 Å². The Bertz CT molecular complexity index is 725. The molecular formula is C13H17N3O4S. The van der Waals surface area contributed by atoms with Gasteiger partial charge in [0.1, 0.15) is 5.75 Å². The Kier molecular flexibility index (Phi) is 4.49. The number of rotatable bonds is 6. The molecule has 0 saturated carbocycles. The molecule has 0 aliphatic heterocycles. The average molecular weight is 311 g/mol. The van der Waals surface area contributed by atoms with E-state index in [1.165, 1.54) is 16.9 Å². The van der Waals surface area contributed by atoms with Gasteiger partial charge in [0, 0.05) is 18.3 Å². The number of aliphatic hydroxyl groups is 1. The Morgan fingerprint density at radius 2 is 2.14 bits per heavy atom. The SMILES string of the molecule is CCOc1ccc(NS(=O)(=O)c2ccnn2C)cc1CO. The van der Waals surface area contributed by atoms with Gasteiger partial charge in [0.05, 0.1) is 19.4 Å². The molecule has 0 aliphatic carbocycles. The van der Waals surface area contributed by atoms with Gasteiger partial charge in [-0.2, -0.15) is 13.5 Å². The lowest BCUT2D eigenvalue weighted by molar-refractivity contribution is 0.267. The van der Waals surface area contributed by atoms with Gasteiger partial charge in [0.15, 0.2) is 5.03 Å². The van der Waals surface area contributed by atoms with Crippen LogP contribution in [0.3, 0.4) is 0 Å². The van der Waals surface area contributed by atoms with Crippen molar-refractivity contribution in [2.45, 2.75) is 18.6 Å². The van der Waals surface area contributed by atoms with Crippen LogP contribution in [0.5, 0.6) is 5.75 Å². The standard InChI is InChI=1S/C13H17N3O4S/c1-3-20-12-5-4-11(8-10(12)9-17)15-21(18,19)13-6-7-14-16(13)2/h4-8,15,17H,3,9H2,1-2H3. The Morgan fingerprint density at radius 3 is 2.71 bits per heavy atom. The molecule has 0 radical (unpaired) electrons. The smallest absolute Gasteiger partial charge is 0.279 e. The van der Waals surface area contributed by atoms with E-state index in [2.05, 4.69) is 9.82 Å². The molecule has 2 rings (SSSR count). The second kappa shape index (κ2) is 6.15. The summed E-state index contributed by atoms with van der Waals surface area (Å²) in [5.74, 6) is 0.531. The molecule has 1 heterocycles. The van der Waals surface area contributed by atoms with Crippen LogP contribution in [0.1, 0.15) is 12.5 Å². The molecule has 0 aliphatic rings. The van der Waals surface area contributed by atoms with Crippen molar-refractivity contribution >= 4 is 15.7 Å². The van der Waals surface area contributed by atoms with E-state index in [1.807, 2.05) is 6.92 Å². The van der Waals surface area contributed by atoms with Crippen LogP contribution in [-0.4, -0.2) is 29.9 Å². The number of anilines is 1. The number of hydrogen-bond donors (Lipinski definition) is 2. The highest BCUT2D eigenvalue weighted by molar-refractivity contribution is 7.92. The summed E-state index contributed by atoms with van der Waals surface area (Å²) >= 11 is 0. The highest BCUT2D eigenvalue weighted by Crippen LogP contribution is 2.24. The molecule has 1 aromatic carbocycles. The number of aliphatic hydroxyl groups excluding tert-OH is 1. The first kappa shape index (κ1) is 15.3. The van der Waals surface area contributed by atoms with Crippen molar-refractivity contribution in [1.82, 2.24) is 9.78 Å². The van der Waals surface area contributed by atoms with Crippen LogP contribution >= 0.6 is 0 Å². The van der Waals surface area contributed by atoms with Crippen LogP contribution in [0.2, 0.25) is 0 Å². The number of aryl methyl sites for hydroxylation is 1. The zero-order valence-electron chi connectivity index (χ0n) is 11.8. The second-order valence-corrected chi connectivity index (χ2v) is 5.94. The molecule has 0 bridgehead atoms. The maximum absolute atomic E-state index is 12.2. The van der Waals surface area contributed by atoms with Crippen LogP contribution < -0.4 is 9.46 Å². The number of ether oxygens (including phenoxy) is 1. The predicted octanol–water partition coefficient (Wildman–Crippen LogP) is 1.11. The summed E-state index contributed by atoms with van der Waals surface area (Å²) in [5.41, 5.74) is 0.866. The summed E-state index contributed by atoms with van der Waals surface area (Å²) in [6.07, 6.45) is 1.41. The summed E-state index contributed by atoms with van der Waals surface area (Å²) in [6.45, 7) is 2.06. The maximum atomic E-state index is 12.2. The molecule has 114 valence electrons. The predicted molar refractivity (Wildman–Crippen MR) is 77.6 cm³/mol. The van der Waals surface area contributed by atoms with Gasteiger partial charge < -0.3 is 9.84 Å². The monoisotopic (exact) mass is 311 g/mol. The Morgan fingerprint density at radius 1 is 1.38 bits per heavy atom. The van der Waals surface area contributed by atoms with Gasteiger partial charge in [0.2, 0.25) is 0 Å². The maximum Gasteiger partial charge on any atom is 0.279 e. The van der Waals surface area contributed by atoms with Gasteiger partial charge in [-0.25, -0.2) is 0 Å². The molecule has 0 fully saturated rings. The highest BCUT2D eigenvalue weighted by Gasteiger charge is 2.18.